The van der Waals surface area contributed by atoms with Crippen molar-refractivity contribution in [3.8, 4) is 23.0 Å². The van der Waals surface area contributed by atoms with E-state index in [4.69, 9.17) is 14.8 Å². The van der Waals surface area contributed by atoms with Gasteiger partial charge in [-0.25, -0.2) is 9.67 Å². The van der Waals surface area contributed by atoms with Crippen LogP contribution in [0.15, 0.2) is 90.6 Å². The zero-order valence-corrected chi connectivity index (χ0v) is 32.4. The summed E-state index contributed by atoms with van der Waals surface area (Å²) in [6.07, 6.45) is 5.60. The molecule has 3 heterocycles. The highest BCUT2D eigenvalue weighted by Crippen LogP contribution is 2.45. The zero-order chi connectivity index (χ0) is 36.4. The highest BCUT2D eigenvalue weighted by atomic mass is 16.5. The van der Waals surface area contributed by atoms with E-state index in [2.05, 4.69) is 164 Å². The molecular formula is C46H54N4O. The zero-order valence-electron chi connectivity index (χ0n) is 32.4. The molecule has 0 saturated carbocycles. The lowest BCUT2D eigenvalue weighted by atomic mass is 9.71. The van der Waals surface area contributed by atoms with Gasteiger partial charge in [0, 0.05) is 40.6 Å². The van der Waals surface area contributed by atoms with Crippen LogP contribution in [-0.4, -0.2) is 19.3 Å². The van der Waals surface area contributed by atoms with Crippen LogP contribution in [0.25, 0.3) is 33.3 Å². The molecule has 1 aliphatic rings. The molecule has 1 unspecified atom stereocenters. The molecule has 0 radical (unpaired) electrons. The van der Waals surface area contributed by atoms with Crippen LogP contribution in [0.3, 0.4) is 0 Å². The smallest absolute Gasteiger partial charge is 0.137 e. The van der Waals surface area contributed by atoms with Crippen molar-refractivity contribution in [2.45, 2.75) is 106 Å². The largest absolute Gasteiger partial charge is 0.457 e. The molecule has 1 aliphatic carbocycles. The molecular weight excluding hydrogens is 625 g/mol. The van der Waals surface area contributed by atoms with Crippen molar-refractivity contribution >= 4 is 21.8 Å². The fourth-order valence-corrected chi connectivity index (χ4v) is 8.51. The van der Waals surface area contributed by atoms with Crippen LogP contribution < -0.4 is 4.74 Å². The highest BCUT2D eigenvalue weighted by molar-refractivity contribution is 6.09. The number of hydrogen-bond acceptors (Lipinski definition) is 3. The first kappa shape index (κ1) is 34.8. The van der Waals surface area contributed by atoms with Crippen molar-refractivity contribution in [1.29, 1.82) is 0 Å². The van der Waals surface area contributed by atoms with Gasteiger partial charge in [0.25, 0.3) is 0 Å². The van der Waals surface area contributed by atoms with Crippen molar-refractivity contribution in [2.75, 3.05) is 0 Å². The van der Waals surface area contributed by atoms with Gasteiger partial charge in [0.15, 0.2) is 0 Å². The summed E-state index contributed by atoms with van der Waals surface area (Å²) >= 11 is 0. The predicted octanol–water partition coefficient (Wildman–Crippen LogP) is 12.7. The molecule has 0 N–H and O–H groups in total. The molecule has 0 spiro atoms. The molecule has 3 aromatic carbocycles. The molecule has 3 atom stereocenters. The second kappa shape index (κ2) is 13.2. The van der Waals surface area contributed by atoms with Gasteiger partial charge in [-0.3, -0.25) is 4.57 Å². The maximum absolute atomic E-state index is 6.85. The Morgan fingerprint density at radius 1 is 0.804 bits per heavy atom. The van der Waals surface area contributed by atoms with Crippen LogP contribution >= 0.6 is 0 Å². The number of allylic oxidation sites excluding steroid dienone is 2. The van der Waals surface area contributed by atoms with Crippen LogP contribution in [0.4, 0.5) is 0 Å². The monoisotopic (exact) mass is 678 g/mol. The Morgan fingerprint density at radius 2 is 1.55 bits per heavy atom. The number of rotatable bonds is 7. The number of aromatic nitrogens is 4. The molecule has 264 valence electrons. The van der Waals surface area contributed by atoms with Crippen molar-refractivity contribution in [3.63, 3.8) is 0 Å². The number of ether oxygens (including phenoxy) is 1. The van der Waals surface area contributed by atoms with E-state index in [1.165, 1.54) is 45.2 Å². The first-order chi connectivity index (χ1) is 24.2. The van der Waals surface area contributed by atoms with Gasteiger partial charge in [-0.1, -0.05) is 92.2 Å². The summed E-state index contributed by atoms with van der Waals surface area (Å²) in [7, 11) is 0. The van der Waals surface area contributed by atoms with Crippen molar-refractivity contribution in [1.82, 2.24) is 19.3 Å². The standard InChI is InChI=1S/C46H54N4O/c1-27(2)33-18-19-47-42(22-33)49-40-15-13-12-14-38(40)39-17-16-36(26-41(39)49)51-37-24-34(46(9,10)11)23-35(25-37)50-45(28(3)4)44(32(8)48-50)43-30(6)20-29(5)21-31(43)7/h12-20,22-29,31,43H,21H2,1-11H3/t29-,31-,43?/m0/s1. The van der Waals surface area contributed by atoms with Crippen LogP contribution in [-0.2, 0) is 5.41 Å². The number of para-hydroxylation sites is 1. The molecule has 0 saturated heterocycles. The lowest BCUT2D eigenvalue weighted by Crippen LogP contribution is -2.21. The molecule has 6 aromatic rings. The molecule has 0 amide bonds. The van der Waals surface area contributed by atoms with Crippen LogP contribution in [0.5, 0.6) is 11.5 Å². The third kappa shape index (κ3) is 6.41. The Balaban J connectivity index is 1.36. The summed E-state index contributed by atoms with van der Waals surface area (Å²) in [6.45, 7) is 25.1. The number of hydrogen-bond donors (Lipinski definition) is 0. The molecule has 5 nitrogen and oxygen atoms in total. The van der Waals surface area contributed by atoms with Crippen molar-refractivity contribution < 1.29 is 4.74 Å². The third-order valence-electron chi connectivity index (χ3n) is 10.9. The Labute approximate surface area is 304 Å². The maximum atomic E-state index is 6.85. The normalized spacial score (nSPS) is 18.3. The van der Waals surface area contributed by atoms with Gasteiger partial charge >= 0.3 is 0 Å². The van der Waals surface area contributed by atoms with E-state index in [1.54, 1.807) is 0 Å². The SMILES string of the molecule is CC1=C[C@H](C)C[C@H](C)C1c1c(C)nn(-c2cc(Oc3ccc4c5ccccc5n(-c5cc(C(C)C)ccn5)c4c3)cc(C(C)(C)C)c2)c1C(C)C. The molecule has 5 heteroatoms. The van der Waals surface area contributed by atoms with Crippen LogP contribution in [0.2, 0.25) is 0 Å². The molecule has 0 fully saturated rings. The number of pyridine rings is 1. The summed E-state index contributed by atoms with van der Waals surface area (Å²) < 4.78 is 11.3. The predicted molar refractivity (Wildman–Crippen MR) is 213 cm³/mol. The van der Waals surface area contributed by atoms with Gasteiger partial charge in [-0.2, -0.15) is 5.10 Å². The number of fused-ring (bicyclic) bond motifs is 3. The summed E-state index contributed by atoms with van der Waals surface area (Å²) in [6, 6.07) is 26.0. The summed E-state index contributed by atoms with van der Waals surface area (Å²) in [5.74, 6) is 4.77. The van der Waals surface area contributed by atoms with E-state index in [0.717, 1.165) is 39.7 Å². The summed E-state index contributed by atoms with van der Waals surface area (Å²) in [5.41, 5.74) is 10.9. The molecule has 0 aliphatic heterocycles. The first-order valence-corrected chi connectivity index (χ1v) is 18.8. The van der Waals surface area contributed by atoms with E-state index in [1.807, 2.05) is 6.20 Å². The Hall–Kier alpha value is -4.64. The Kier molecular flexibility index (Phi) is 8.98. The average Bonchev–Trinajstić information content (AvgIpc) is 3.58. The van der Waals surface area contributed by atoms with Crippen LogP contribution in [0.1, 0.15) is 121 Å². The Morgan fingerprint density at radius 3 is 2.25 bits per heavy atom. The van der Waals surface area contributed by atoms with Crippen molar-refractivity contribution in [3.05, 3.63) is 119 Å². The van der Waals surface area contributed by atoms with Crippen molar-refractivity contribution in [2.24, 2.45) is 11.8 Å². The Bertz CT molecular complexity index is 2270. The topological polar surface area (TPSA) is 44.9 Å². The van der Waals surface area contributed by atoms with Crippen LogP contribution in [0, 0.1) is 18.8 Å². The second-order valence-corrected chi connectivity index (χ2v) is 16.7. The molecule has 7 rings (SSSR count). The number of nitrogens with zero attached hydrogens (tertiary/aromatic N) is 4. The minimum Gasteiger partial charge on any atom is -0.457 e. The number of benzene rings is 3. The van der Waals surface area contributed by atoms with E-state index < -0.39 is 0 Å². The van der Waals surface area contributed by atoms with Gasteiger partial charge < -0.3 is 4.74 Å². The first-order valence-electron chi connectivity index (χ1n) is 18.8. The van der Waals surface area contributed by atoms with Gasteiger partial charge in [0.2, 0.25) is 0 Å². The lowest BCUT2D eigenvalue weighted by molar-refractivity contribution is 0.389. The summed E-state index contributed by atoms with van der Waals surface area (Å²) in [5, 5.41) is 7.67. The van der Waals surface area contributed by atoms with Gasteiger partial charge in [-0.05, 0) is 103 Å². The van der Waals surface area contributed by atoms with E-state index >= 15 is 0 Å². The van der Waals surface area contributed by atoms with E-state index in [-0.39, 0.29) is 5.41 Å². The highest BCUT2D eigenvalue weighted by Gasteiger charge is 2.33. The average molecular weight is 679 g/mol. The minimum atomic E-state index is -0.0893. The minimum absolute atomic E-state index is 0.0893. The van der Waals surface area contributed by atoms with Gasteiger partial charge in [0.05, 0.1) is 28.1 Å². The number of aryl methyl sites for hydroxylation is 1. The quantitative estimate of drug-likeness (QED) is 0.158. The maximum Gasteiger partial charge on any atom is 0.137 e. The molecule has 0 bridgehead atoms. The molecule has 3 aromatic heterocycles. The second-order valence-electron chi connectivity index (χ2n) is 16.7. The molecule has 51 heavy (non-hydrogen) atoms. The van der Waals surface area contributed by atoms with Gasteiger partial charge in [-0.15, -0.1) is 0 Å². The summed E-state index contributed by atoms with van der Waals surface area (Å²) in [4.78, 5) is 4.85. The third-order valence-corrected chi connectivity index (χ3v) is 10.9. The van der Waals surface area contributed by atoms with E-state index in [0.29, 0.717) is 29.6 Å². The van der Waals surface area contributed by atoms with Gasteiger partial charge in [0.1, 0.15) is 17.3 Å². The fourth-order valence-electron chi connectivity index (χ4n) is 8.51. The fraction of sp³-hybridized carbons (Fsp3) is 0.391. The van der Waals surface area contributed by atoms with E-state index in [9.17, 15) is 0 Å². The lowest BCUT2D eigenvalue weighted by Gasteiger charge is -2.33.